The van der Waals surface area contributed by atoms with Crippen LogP contribution in [0.25, 0.3) is 0 Å². The third kappa shape index (κ3) is 4.21. The lowest BCUT2D eigenvalue weighted by Crippen LogP contribution is -2.29. The lowest BCUT2D eigenvalue weighted by molar-refractivity contribution is -0.136. The molecular formula is C18H16O4S. The van der Waals surface area contributed by atoms with E-state index in [-0.39, 0.29) is 11.3 Å². The zero-order valence-corrected chi connectivity index (χ0v) is 13.4. The van der Waals surface area contributed by atoms with Crippen molar-refractivity contribution in [2.75, 3.05) is 0 Å². The molecule has 1 unspecified atom stereocenters. The highest BCUT2D eigenvalue weighted by atomic mass is 32.2. The van der Waals surface area contributed by atoms with Gasteiger partial charge in [0.15, 0.2) is 15.1 Å². The molecule has 0 aliphatic heterocycles. The van der Waals surface area contributed by atoms with Crippen LogP contribution in [0.2, 0.25) is 0 Å². The van der Waals surface area contributed by atoms with Gasteiger partial charge in [0.05, 0.1) is 4.90 Å². The number of carboxylic acid groups (broad SMARTS) is 1. The SMILES string of the molecule is Cc1ccc(S(=O)(=O)C(CC#Cc2ccccc2)C(=O)O)cc1. The van der Waals surface area contributed by atoms with Gasteiger partial charge in [0.1, 0.15) is 0 Å². The number of aryl methyl sites for hydroxylation is 1. The molecule has 118 valence electrons. The normalized spacial score (nSPS) is 12.0. The van der Waals surface area contributed by atoms with Crippen molar-refractivity contribution in [2.45, 2.75) is 23.5 Å². The Morgan fingerprint density at radius 3 is 2.26 bits per heavy atom. The first-order valence-corrected chi connectivity index (χ1v) is 8.53. The Bertz CT molecular complexity index is 841. The number of aliphatic carboxylic acids is 1. The van der Waals surface area contributed by atoms with E-state index >= 15 is 0 Å². The number of sulfone groups is 1. The van der Waals surface area contributed by atoms with Crippen molar-refractivity contribution >= 4 is 15.8 Å². The first kappa shape index (κ1) is 16.8. The smallest absolute Gasteiger partial charge is 0.323 e. The van der Waals surface area contributed by atoms with Gasteiger partial charge in [-0.15, -0.1) is 0 Å². The van der Waals surface area contributed by atoms with Gasteiger partial charge >= 0.3 is 5.97 Å². The Kier molecular flexibility index (Phi) is 5.20. The Hall–Kier alpha value is -2.58. The summed E-state index contributed by atoms with van der Waals surface area (Å²) in [6, 6.07) is 15.1. The van der Waals surface area contributed by atoms with Gasteiger partial charge in [-0.25, -0.2) is 8.42 Å². The molecule has 0 aliphatic rings. The van der Waals surface area contributed by atoms with Crippen LogP contribution in [-0.4, -0.2) is 24.7 Å². The van der Waals surface area contributed by atoms with Gasteiger partial charge in [0.25, 0.3) is 0 Å². The fourth-order valence-electron chi connectivity index (χ4n) is 1.99. The van der Waals surface area contributed by atoms with Crippen molar-refractivity contribution in [3.05, 3.63) is 65.7 Å². The van der Waals surface area contributed by atoms with Crippen molar-refractivity contribution in [2.24, 2.45) is 0 Å². The number of carboxylic acids is 1. The van der Waals surface area contributed by atoms with Crippen molar-refractivity contribution < 1.29 is 18.3 Å². The molecule has 2 rings (SSSR count). The van der Waals surface area contributed by atoms with Gasteiger partial charge < -0.3 is 5.11 Å². The number of hydrogen-bond donors (Lipinski definition) is 1. The fourth-order valence-corrected chi connectivity index (χ4v) is 3.40. The summed E-state index contributed by atoms with van der Waals surface area (Å²) in [5, 5.41) is 7.69. The monoisotopic (exact) mass is 328 g/mol. The van der Waals surface area contributed by atoms with Crippen LogP contribution in [-0.2, 0) is 14.6 Å². The van der Waals surface area contributed by atoms with Crippen LogP contribution in [0, 0.1) is 18.8 Å². The highest BCUT2D eigenvalue weighted by molar-refractivity contribution is 7.92. The summed E-state index contributed by atoms with van der Waals surface area (Å²) < 4.78 is 25.0. The van der Waals surface area contributed by atoms with E-state index in [1.165, 1.54) is 12.1 Å². The summed E-state index contributed by atoms with van der Waals surface area (Å²) in [4.78, 5) is 11.4. The first-order chi connectivity index (χ1) is 10.9. The van der Waals surface area contributed by atoms with E-state index in [1.54, 1.807) is 24.3 Å². The summed E-state index contributed by atoms with van der Waals surface area (Å²) in [7, 11) is -3.97. The Labute approximate surface area is 135 Å². The minimum absolute atomic E-state index is 0.00277. The number of rotatable bonds is 4. The zero-order chi connectivity index (χ0) is 16.9. The van der Waals surface area contributed by atoms with Gasteiger partial charge in [0, 0.05) is 12.0 Å². The number of carbonyl (C=O) groups is 1. The molecule has 0 amide bonds. The van der Waals surface area contributed by atoms with Crippen LogP contribution in [0.4, 0.5) is 0 Å². The van der Waals surface area contributed by atoms with Crippen LogP contribution >= 0.6 is 0 Å². The van der Waals surface area contributed by atoms with Crippen molar-refractivity contribution in [3.8, 4) is 11.8 Å². The van der Waals surface area contributed by atoms with Crippen molar-refractivity contribution in [1.29, 1.82) is 0 Å². The fraction of sp³-hybridized carbons (Fsp3) is 0.167. The number of benzene rings is 2. The summed E-state index contributed by atoms with van der Waals surface area (Å²) >= 11 is 0. The molecule has 0 spiro atoms. The van der Waals surface area contributed by atoms with Gasteiger partial charge in [-0.05, 0) is 31.2 Å². The molecule has 5 heteroatoms. The van der Waals surface area contributed by atoms with E-state index in [2.05, 4.69) is 11.8 Å². The standard InChI is InChI=1S/C18H16O4S/c1-14-10-12-16(13-11-14)23(21,22)17(18(19)20)9-5-8-15-6-3-2-4-7-15/h2-4,6-7,10-13,17H,9H2,1H3,(H,19,20). The van der Waals surface area contributed by atoms with Crippen LogP contribution in [0.3, 0.4) is 0 Å². The quantitative estimate of drug-likeness (QED) is 0.876. The highest BCUT2D eigenvalue weighted by Gasteiger charge is 2.33. The summed E-state index contributed by atoms with van der Waals surface area (Å²) in [6.07, 6.45) is -0.263. The Morgan fingerprint density at radius 2 is 1.70 bits per heavy atom. The largest absolute Gasteiger partial charge is 0.480 e. The van der Waals surface area contributed by atoms with E-state index in [1.807, 2.05) is 25.1 Å². The minimum atomic E-state index is -3.97. The molecule has 0 saturated heterocycles. The molecule has 0 aromatic heterocycles. The van der Waals surface area contributed by atoms with E-state index < -0.39 is 21.1 Å². The lowest BCUT2D eigenvalue weighted by Gasteiger charge is -2.11. The molecule has 0 radical (unpaired) electrons. The molecule has 0 bridgehead atoms. The van der Waals surface area contributed by atoms with E-state index in [0.717, 1.165) is 5.56 Å². The highest BCUT2D eigenvalue weighted by Crippen LogP contribution is 2.19. The minimum Gasteiger partial charge on any atom is -0.480 e. The second-order valence-electron chi connectivity index (χ2n) is 5.06. The maximum Gasteiger partial charge on any atom is 0.323 e. The molecule has 23 heavy (non-hydrogen) atoms. The third-order valence-electron chi connectivity index (χ3n) is 3.29. The van der Waals surface area contributed by atoms with E-state index in [9.17, 15) is 18.3 Å². The summed E-state index contributed by atoms with van der Waals surface area (Å²) in [5.41, 5.74) is 1.61. The van der Waals surface area contributed by atoms with Gasteiger partial charge in [-0.2, -0.15) is 0 Å². The molecule has 1 atom stereocenters. The van der Waals surface area contributed by atoms with Crippen LogP contribution in [0.15, 0.2) is 59.5 Å². The van der Waals surface area contributed by atoms with Gasteiger partial charge in [-0.1, -0.05) is 47.7 Å². The molecule has 2 aromatic rings. The molecule has 0 fully saturated rings. The molecule has 4 nitrogen and oxygen atoms in total. The molecule has 1 N–H and O–H groups in total. The van der Waals surface area contributed by atoms with Gasteiger partial charge in [-0.3, -0.25) is 4.79 Å². The molecule has 0 saturated carbocycles. The van der Waals surface area contributed by atoms with Crippen LogP contribution < -0.4 is 0 Å². The maximum atomic E-state index is 12.5. The topological polar surface area (TPSA) is 71.4 Å². The van der Waals surface area contributed by atoms with E-state index in [0.29, 0.717) is 5.56 Å². The molecular weight excluding hydrogens is 312 g/mol. The maximum absolute atomic E-state index is 12.5. The van der Waals surface area contributed by atoms with E-state index in [4.69, 9.17) is 0 Å². The molecule has 2 aromatic carbocycles. The number of hydrogen-bond acceptors (Lipinski definition) is 3. The van der Waals surface area contributed by atoms with Gasteiger partial charge in [0.2, 0.25) is 0 Å². The molecule has 0 aliphatic carbocycles. The zero-order valence-electron chi connectivity index (χ0n) is 12.6. The second kappa shape index (κ2) is 7.12. The predicted molar refractivity (Wildman–Crippen MR) is 87.7 cm³/mol. The Morgan fingerprint density at radius 1 is 1.09 bits per heavy atom. The predicted octanol–water partition coefficient (Wildman–Crippen LogP) is 2.66. The lowest BCUT2D eigenvalue weighted by atomic mass is 10.2. The van der Waals surface area contributed by atoms with Crippen molar-refractivity contribution in [1.82, 2.24) is 0 Å². The van der Waals surface area contributed by atoms with Crippen LogP contribution in [0.5, 0.6) is 0 Å². The average molecular weight is 328 g/mol. The first-order valence-electron chi connectivity index (χ1n) is 6.98. The van der Waals surface area contributed by atoms with Crippen molar-refractivity contribution in [3.63, 3.8) is 0 Å². The summed E-state index contributed by atoms with van der Waals surface area (Å²) in [5.74, 6) is 4.05. The summed E-state index contributed by atoms with van der Waals surface area (Å²) in [6.45, 7) is 1.83. The average Bonchev–Trinajstić information content (AvgIpc) is 2.52. The third-order valence-corrected chi connectivity index (χ3v) is 5.34. The Balaban J connectivity index is 2.26. The molecule has 0 heterocycles. The van der Waals surface area contributed by atoms with Crippen LogP contribution in [0.1, 0.15) is 17.5 Å². The second-order valence-corrected chi connectivity index (χ2v) is 7.19.